The van der Waals surface area contributed by atoms with E-state index < -0.39 is 0 Å². The van der Waals surface area contributed by atoms with E-state index in [1.54, 1.807) is 0 Å². The fraction of sp³-hybridized carbons (Fsp3) is 0.462. The van der Waals surface area contributed by atoms with Crippen molar-refractivity contribution in [3.05, 3.63) is 30.3 Å². The quantitative estimate of drug-likeness (QED) is 0.727. The van der Waals surface area contributed by atoms with Crippen LogP contribution in [0.25, 0.3) is 0 Å². The Morgan fingerprint density at radius 3 is 2.65 bits per heavy atom. The van der Waals surface area contributed by atoms with Gasteiger partial charge in [0.2, 0.25) is 0 Å². The van der Waals surface area contributed by atoms with Gasteiger partial charge in [0.15, 0.2) is 0 Å². The van der Waals surface area contributed by atoms with Crippen LogP contribution in [-0.4, -0.2) is 55.1 Å². The van der Waals surface area contributed by atoms with Gasteiger partial charge < -0.3 is 14.7 Å². The topological polar surface area (TPSA) is 26.8 Å². The summed E-state index contributed by atoms with van der Waals surface area (Å²) < 4.78 is 0. The average Bonchev–Trinajstić information content (AvgIpc) is 2.66. The third-order valence-corrected chi connectivity index (χ3v) is 3.66. The number of urea groups is 1. The van der Waals surface area contributed by atoms with Crippen molar-refractivity contribution >= 4 is 11.7 Å². The maximum absolute atomic E-state index is 11.8. The van der Waals surface area contributed by atoms with Crippen molar-refractivity contribution in [2.45, 2.75) is 6.04 Å². The molecule has 3 rings (SSSR count). The van der Waals surface area contributed by atoms with Gasteiger partial charge in [-0.1, -0.05) is 18.2 Å². The number of anilines is 1. The molecule has 2 aliphatic heterocycles. The predicted molar refractivity (Wildman–Crippen MR) is 67.2 cm³/mol. The smallest absolute Gasteiger partial charge is 0.320 e. The first kappa shape index (κ1) is 10.4. The number of rotatable bonds is 1. The number of hydrogen-bond acceptors (Lipinski definition) is 2. The highest BCUT2D eigenvalue weighted by Gasteiger charge is 2.38. The Balaban J connectivity index is 1.76. The van der Waals surface area contributed by atoms with Gasteiger partial charge >= 0.3 is 6.03 Å². The largest absolute Gasteiger partial charge is 0.368 e. The van der Waals surface area contributed by atoms with Crippen LogP contribution in [0.3, 0.4) is 0 Å². The maximum Gasteiger partial charge on any atom is 0.320 e. The van der Waals surface area contributed by atoms with E-state index in [1.165, 1.54) is 5.69 Å². The van der Waals surface area contributed by atoms with E-state index in [-0.39, 0.29) is 6.03 Å². The highest BCUT2D eigenvalue weighted by Crippen LogP contribution is 2.23. The molecule has 0 bridgehead atoms. The highest BCUT2D eigenvalue weighted by molar-refractivity contribution is 5.77. The Morgan fingerprint density at radius 1 is 1.12 bits per heavy atom. The molecule has 1 unspecified atom stereocenters. The SMILES string of the molecule is CN1CC2CN(c3ccccc3)CCN2C1=O. The minimum Gasteiger partial charge on any atom is -0.368 e. The van der Waals surface area contributed by atoms with E-state index in [4.69, 9.17) is 0 Å². The molecule has 2 saturated heterocycles. The molecule has 2 heterocycles. The Kier molecular flexibility index (Phi) is 2.42. The third kappa shape index (κ3) is 1.73. The van der Waals surface area contributed by atoms with E-state index >= 15 is 0 Å². The second kappa shape index (κ2) is 3.95. The van der Waals surface area contributed by atoms with Crippen molar-refractivity contribution in [1.82, 2.24) is 9.80 Å². The summed E-state index contributed by atoms with van der Waals surface area (Å²) >= 11 is 0. The number of fused-ring (bicyclic) bond motifs is 1. The molecule has 2 amide bonds. The van der Waals surface area contributed by atoms with E-state index in [0.717, 1.165) is 26.2 Å². The summed E-state index contributed by atoms with van der Waals surface area (Å²) in [5, 5.41) is 0. The monoisotopic (exact) mass is 231 g/mol. The summed E-state index contributed by atoms with van der Waals surface area (Å²) in [4.78, 5) is 18.0. The average molecular weight is 231 g/mol. The molecule has 4 heteroatoms. The third-order valence-electron chi connectivity index (χ3n) is 3.66. The van der Waals surface area contributed by atoms with Crippen molar-refractivity contribution in [3.8, 4) is 0 Å². The van der Waals surface area contributed by atoms with E-state index in [0.29, 0.717) is 6.04 Å². The van der Waals surface area contributed by atoms with E-state index in [2.05, 4.69) is 29.2 Å². The predicted octanol–water partition coefficient (Wildman–Crippen LogP) is 1.24. The van der Waals surface area contributed by atoms with Gasteiger partial charge in [0.1, 0.15) is 0 Å². The summed E-state index contributed by atoms with van der Waals surface area (Å²) in [6.45, 7) is 3.56. The molecule has 0 spiro atoms. The lowest BCUT2D eigenvalue weighted by atomic mass is 10.1. The maximum atomic E-state index is 11.8. The molecule has 1 aromatic rings. The number of amides is 2. The standard InChI is InChI=1S/C13H17N3O/c1-14-9-12-10-15(7-8-16(12)13(14)17)11-5-3-2-4-6-11/h2-6,12H,7-10H2,1H3. The molecule has 0 aromatic heterocycles. The van der Waals surface area contributed by atoms with Crippen molar-refractivity contribution in [3.63, 3.8) is 0 Å². The molecule has 0 N–H and O–H groups in total. The van der Waals surface area contributed by atoms with Crippen molar-refractivity contribution in [2.24, 2.45) is 0 Å². The molecular formula is C13H17N3O. The molecule has 1 atom stereocenters. The number of nitrogens with zero attached hydrogens (tertiary/aromatic N) is 3. The fourth-order valence-corrected chi connectivity index (χ4v) is 2.75. The second-order valence-corrected chi connectivity index (χ2v) is 4.79. The number of para-hydroxylation sites is 1. The molecule has 0 radical (unpaired) electrons. The summed E-state index contributed by atoms with van der Waals surface area (Å²) in [5.74, 6) is 0. The summed E-state index contributed by atoms with van der Waals surface area (Å²) in [6, 6.07) is 11.0. The number of hydrogen-bond donors (Lipinski definition) is 0. The van der Waals surface area contributed by atoms with Crippen molar-refractivity contribution in [2.75, 3.05) is 38.1 Å². The Hall–Kier alpha value is -1.71. The zero-order chi connectivity index (χ0) is 11.8. The minimum absolute atomic E-state index is 0.183. The number of carbonyl (C=O) groups excluding carboxylic acids is 1. The lowest BCUT2D eigenvalue weighted by molar-refractivity contribution is 0.187. The molecular weight excluding hydrogens is 214 g/mol. The summed E-state index contributed by atoms with van der Waals surface area (Å²) in [5.41, 5.74) is 1.26. The second-order valence-electron chi connectivity index (χ2n) is 4.79. The Labute approximate surface area is 101 Å². The van der Waals surface area contributed by atoms with Gasteiger partial charge in [-0.2, -0.15) is 0 Å². The van der Waals surface area contributed by atoms with Crippen LogP contribution in [0, 0.1) is 0 Å². The van der Waals surface area contributed by atoms with E-state index in [9.17, 15) is 4.79 Å². The highest BCUT2D eigenvalue weighted by atomic mass is 16.2. The van der Waals surface area contributed by atoms with E-state index in [1.807, 2.05) is 22.9 Å². The number of carbonyl (C=O) groups is 1. The van der Waals surface area contributed by atoms with Crippen LogP contribution in [0.15, 0.2) is 30.3 Å². The minimum atomic E-state index is 0.183. The van der Waals surface area contributed by atoms with Crippen LogP contribution >= 0.6 is 0 Å². The Bertz CT molecular complexity index is 420. The summed E-state index contributed by atoms with van der Waals surface area (Å²) in [6.07, 6.45) is 0. The normalized spacial score (nSPS) is 24.2. The fourth-order valence-electron chi connectivity index (χ4n) is 2.75. The van der Waals surface area contributed by atoms with Gasteiger partial charge in [-0.05, 0) is 12.1 Å². The first-order chi connectivity index (χ1) is 8.25. The number of likely N-dealkylation sites (N-methyl/N-ethyl adjacent to an activating group) is 1. The van der Waals surface area contributed by atoms with Crippen LogP contribution in [0.4, 0.5) is 10.5 Å². The van der Waals surface area contributed by atoms with Gasteiger partial charge in [0.25, 0.3) is 0 Å². The molecule has 90 valence electrons. The van der Waals surface area contributed by atoms with Gasteiger partial charge in [-0.3, -0.25) is 0 Å². The van der Waals surface area contributed by atoms with Gasteiger partial charge in [0, 0.05) is 38.9 Å². The Morgan fingerprint density at radius 2 is 1.88 bits per heavy atom. The van der Waals surface area contributed by atoms with Crippen LogP contribution in [-0.2, 0) is 0 Å². The summed E-state index contributed by atoms with van der Waals surface area (Å²) in [7, 11) is 1.88. The van der Waals surface area contributed by atoms with Gasteiger partial charge in [0.05, 0.1) is 6.04 Å². The molecule has 2 aliphatic rings. The van der Waals surface area contributed by atoms with Gasteiger partial charge in [-0.25, -0.2) is 4.79 Å². The lowest BCUT2D eigenvalue weighted by Gasteiger charge is -2.37. The van der Waals surface area contributed by atoms with Crippen LogP contribution < -0.4 is 4.90 Å². The molecule has 1 aromatic carbocycles. The molecule has 2 fully saturated rings. The van der Waals surface area contributed by atoms with Crippen molar-refractivity contribution < 1.29 is 4.79 Å². The zero-order valence-corrected chi connectivity index (χ0v) is 10.0. The number of piperazine rings is 1. The van der Waals surface area contributed by atoms with Crippen LogP contribution in [0.5, 0.6) is 0 Å². The molecule has 0 saturated carbocycles. The first-order valence-electron chi connectivity index (χ1n) is 6.07. The van der Waals surface area contributed by atoms with Crippen LogP contribution in [0.1, 0.15) is 0 Å². The molecule has 0 aliphatic carbocycles. The van der Waals surface area contributed by atoms with Crippen molar-refractivity contribution in [1.29, 1.82) is 0 Å². The zero-order valence-electron chi connectivity index (χ0n) is 10.0. The molecule has 17 heavy (non-hydrogen) atoms. The first-order valence-corrected chi connectivity index (χ1v) is 6.07. The lowest BCUT2D eigenvalue weighted by Crippen LogP contribution is -2.52. The number of benzene rings is 1. The van der Waals surface area contributed by atoms with Gasteiger partial charge in [-0.15, -0.1) is 0 Å². The molecule has 4 nitrogen and oxygen atoms in total. The van der Waals surface area contributed by atoms with Crippen LogP contribution in [0.2, 0.25) is 0 Å².